The fourth-order valence-electron chi connectivity index (χ4n) is 10.0. The monoisotopic (exact) mass is 438 g/mol. The molecule has 0 unspecified atom stereocenters. The number of Topliss-reactive ketones (excluding diaryl/α,β-unsaturated/α-hetero) is 2. The third-order valence-corrected chi connectivity index (χ3v) is 12.7. The summed E-state index contributed by atoms with van der Waals surface area (Å²) in [7, 11) is 0. The SMILES string of the molecule is CC1(C)CC[C@]2(C)CC[C@]3(C)C(=CC[C@H]4[C@@]5(C)C(=O)CC(=O)C(C)(C)[C@@H]5CC[C@]43C)[C@@H]2C1. The molecular weight excluding hydrogens is 392 g/mol. The minimum atomic E-state index is -0.382. The maximum atomic E-state index is 13.6. The second-order valence-corrected chi connectivity index (χ2v) is 14.9. The van der Waals surface area contributed by atoms with Gasteiger partial charge in [0.1, 0.15) is 11.6 Å². The first-order valence-corrected chi connectivity index (χ1v) is 13.4. The average Bonchev–Trinajstić information content (AvgIpc) is 2.68. The first kappa shape index (κ1) is 22.9. The Morgan fingerprint density at radius 2 is 1.44 bits per heavy atom. The van der Waals surface area contributed by atoms with Crippen molar-refractivity contribution >= 4 is 11.6 Å². The van der Waals surface area contributed by atoms with E-state index in [0.717, 1.165) is 19.3 Å². The van der Waals surface area contributed by atoms with Crippen LogP contribution in [-0.2, 0) is 9.59 Å². The van der Waals surface area contributed by atoms with E-state index in [9.17, 15) is 9.59 Å². The van der Waals surface area contributed by atoms with E-state index in [2.05, 4.69) is 61.5 Å². The van der Waals surface area contributed by atoms with E-state index in [1.54, 1.807) is 5.57 Å². The Balaban J connectivity index is 1.61. The summed E-state index contributed by atoms with van der Waals surface area (Å²) in [4.78, 5) is 26.5. The van der Waals surface area contributed by atoms with Crippen molar-refractivity contribution in [2.45, 2.75) is 113 Å². The number of fused-ring (bicyclic) bond motifs is 7. The van der Waals surface area contributed by atoms with Gasteiger partial charge in [-0.2, -0.15) is 0 Å². The van der Waals surface area contributed by atoms with E-state index in [0.29, 0.717) is 22.7 Å². The second-order valence-electron chi connectivity index (χ2n) is 14.9. The molecule has 0 radical (unpaired) electrons. The quantitative estimate of drug-likeness (QED) is 0.289. The molecule has 4 fully saturated rings. The second kappa shape index (κ2) is 6.39. The summed E-state index contributed by atoms with van der Waals surface area (Å²) < 4.78 is 0. The smallest absolute Gasteiger partial charge is 0.146 e. The Labute approximate surface area is 196 Å². The van der Waals surface area contributed by atoms with Crippen LogP contribution in [-0.4, -0.2) is 11.6 Å². The highest BCUT2D eigenvalue weighted by atomic mass is 16.2. The molecule has 4 saturated carbocycles. The summed E-state index contributed by atoms with van der Waals surface area (Å²) in [5, 5.41) is 0. The van der Waals surface area contributed by atoms with Crippen molar-refractivity contribution < 1.29 is 9.59 Å². The first-order chi connectivity index (χ1) is 14.6. The minimum Gasteiger partial charge on any atom is -0.299 e. The summed E-state index contributed by atoms with van der Waals surface area (Å²) in [6, 6.07) is 0. The molecule has 2 nitrogen and oxygen atoms in total. The number of hydrogen-bond acceptors (Lipinski definition) is 2. The van der Waals surface area contributed by atoms with Crippen molar-refractivity contribution in [1.29, 1.82) is 0 Å². The Morgan fingerprint density at radius 3 is 2.12 bits per heavy atom. The lowest BCUT2D eigenvalue weighted by Gasteiger charge is -2.70. The van der Waals surface area contributed by atoms with E-state index in [-0.39, 0.29) is 45.6 Å². The van der Waals surface area contributed by atoms with Crippen LogP contribution >= 0.6 is 0 Å². The average molecular weight is 439 g/mol. The lowest BCUT2D eigenvalue weighted by molar-refractivity contribution is -0.188. The van der Waals surface area contributed by atoms with Gasteiger partial charge in [0.15, 0.2) is 0 Å². The zero-order chi connectivity index (χ0) is 23.5. The third-order valence-electron chi connectivity index (χ3n) is 12.7. The van der Waals surface area contributed by atoms with E-state index in [4.69, 9.17) is 0 Å². The molecule has 5 aliphatic rings. The molecule has 32 heavy (non-hydrogen) atoms. The van der Waals surface area contributed by atoms with E-state index in [1.165, 1.54) is 32.1 Å². The number of ketones is 2. The summed E-state index contributed by atoms with van der Waals surface area (Å²) in [6.45, 7) is 19.1. The van der Waals surface area contributed by atoms with Gasteiger partial charge >= 0.3 is 0 Å². The van der Waals surface area contributed by atoms with E-state index >= 15 is 0 Å². The Morgan fingerprint density at radius 1 is 0.781 bits per heavy atom. The number of carbonyl (C=O) groups excluding carboxylic acids is 2. The summed E-state index contributed by atoms with van der Waals surface area (Å²) in [6.07, 6.45) is 12.6. The van der Waals surface area contributed by atoms with Gasteiger partial charge in [-0.3, -0.25) is 9.59 Å². The molecule has 0 aromatic rings. The van der Waals surface area contributed by atoms with Crippen LogP contribution in [0.15, 0.2) is 11.6 Å². The fourth-order valence-corrected chi connectivity index (χ4v) is 10.0. The topological polar surface area (TPSA) is 34.1 Å². The van der Waals surface area contributed by atoms with E-state index in [1.807, 2.05) is 0 Å². The standard InChI is InChI=1S/C30H46O2/c1-25(2)13-14-27(5)15-16-28(6)19(20(27)18-25)9-10-22-29(28,7)12-11-21-26(3,4)23(31)17-24(32)30(21,22)8/h9,20-22H,10-18H2,1-8H3/t20-,21-,22+,27+,28+,29+,30-/m0/s1. The van der Waals surface area contributed by atoms with Crippen LogP contribution in [0.2, 0.25) is 0 Å². The normalized spacial score (nSPS) is 51.6. The van der Waals surface area contributed by atoms with Crippen LogP contribution in [0, 0.1) is 50.2 Å². The van der Waals surface area contributed by atoms with Crippen molar-refractivity contribution in [3.8, 4) is 0 Å². The minimum absolute atomic E-state index is 0.136. The summed E-state index contributed by atoms with van der Waals surface area (Å²) in [5.74, 6) is 1.63. The highest BCUT2D eigenvalue weighted by Crippen LogP contribution is 2.74. The highest BCUT2D eigenvalue weighted by molar-refractivity contribution is 6.07. The van der Waals surface area contributed by atoms with Gasteiger partial charge < -0.3 is 0 Å². The Kier molecular flexibility index (Phi) is 4.57. The Hall–Kier alpha value is -0.920. The highest BCUT2D eigenvalue weighted by Gasteiger charge is 2.70. The molecule has 7 atom stereocenters. The molecule has 0 saturated heterocycles. The molecule has 0 aromatic heterocycles. The van der Waals surface area contributed by atoms with Gasteiger partial charge in [-0.05, 0) is 90.8 Å². The molecule has 0 aromatic carbocycles. The molecule has 2 heteroatoms. The lowest BCUT2D eigenvalue weighted by Crippen LogP contribution is -2.66. The number of rotatable bonds is 0. The van der Waals surface area contributed by atoms with Crippen LogP contribution in [0.1, 0.15) is 113 Å². The van der Waals surface area contributed by atoms with Crippen molar-refractivity contribution in [2.24, 2.45) is 50.2 Å². The third kappa shape index (κ3) is 2.59. The zero-order valence-electron chi connectivity index (χ0n) is 22.0. The maximum Gasteiger partial charge on any atom is 0.146 e. The largest absolute Gasteiger partial charge is 0.299 e. The predicted molar refractivity (Wildman–Crippen MR) is 130 cm³/mol. The van der Waals surface area contributed by atoms with Crippen LogP contribution in [0.25, 0.3) is 0 Å². The molecular formula is C30H46O2. The summed E-state index contributed by atoms with van der Waals surface area (Å²) >= 11 is 0. The molecule has 178 valence electrons. The molecule has 0 spiro atoms. The first-order valence-electron chi connectivity index (χ1n) is 13.4. The molecule has 5 rings (SSSR count). The maximum absolute atomic E-state index is 13.6. The van der Waals surface area contributed by atoms with Gasteiger partial charge in [0, 0.05) is 10.8 Å². The van der Waals surface area contributed by atoms with Gasteiger partial charge in [-0.25, -0.2) is 0 Å². The van der Waals surface area contributed by atoms with Gasteiger partial charge in [0.2, 0.25) is 0 Å². The molecule has 0 aliphatic heterocycles. The molecule has 5 aliphatic carbocycles. The summed E-state index contributed by atoms with van der Waals surface area (Å²) in [5.41, 5.74) is 2.17. The molecule has 0 bridgehead atoms. The van der Waals surface area contributed by atoms with Gasteiger partial charge in [0.25, 0.3) is 0 Å². The predicted octanol–water partition coefficient (Wildman–Crippen LogP) is 7.56. The van der Waals surface area contributed by atoms with Gasteiger partial charge in [-0.1, -0.05) is 67.0 Å². The molecule has 0 heterocycles. The number of hydrogen-bond donors (Lipinski definition) is 0. The zero-order valence-corrected chi connectivity index (χ0v) is 22.0. The van der Waals surface area contributed by atoms with Crippen LogP contribution in [0.5, 0.6) is 0 Å². The molecule has 0 amide bonds. The fraction of sp³-hybridized carbons (Fsp3) is 0.867. The van der Waals surface area contributed by atoms with Crippen LogP contribution in [0.4, 0.5) is 0 Å². The Bertz CT molecular complexity index is 908. The molecule has 0 N–H and O–H groups in total. The van der Waals surface area contributed by atoms with Gasteiger partial charge in [-0.15, -0.1) is 0 Å². The van der Waals surface area contributed by atoms with Crippen LogP contribution < -0.4 is 0 Å². The number of carbonyl (C=O) groups is 2. The lowest BCUT2D eigenvalue weighted by atomic mass is 9.33. The van der Waals surface area contributed by atoms with E-state index < -0.39 is 0 Å². The van der Waals surface area contributed by atoms with Crippen molar-refractivity contribution in [2.75, 3.05) is 0 Å². The van der Waals surface area contributed by atoms with Crippen molar-refractivity contribution in [3.05, 3.63) is 11.6 Å². The van der Waals surface area contributed by atoms with Crippen LogP contribution in [0.3, 0.4) is 0 Å². The number of allylic oxidation sites excluding steroid dienone is 2. The van der Waals surface area contributed by atoms with Crippen molar-refractivity contribution in [3.63, 3.8) is 0 Å². The van der Waals surface area contributed by atoms with Gasteiger partial charge in [0.05, 0.1) is 6.42 Å². The van der Waals surface area contributed by atoms with Crippen molar-refractivity contribution in [1.82, 2.24) is 0 Å².